The van der Waals surface area contributed by atoms with Crippen LogP contribution in [0.4, 0.5) is 0 Å². The molecule has 4 aromatic carbocycles. The molecule has 38 heavy (non-hydrogen) atoms. The lowest BCUT2D eigenvalue weighted by atomic mass is 10.1. The largest absolute Gasteiger partial charge is 0.491 e. The summed E-state index contributed by atoms with van der Waals surface area (Å²) in [5, 5.41) is 5.39. The molecule has 194 valence electrons. The van der Waals surface area contributed by atoms with Crippen LogP contribution < -0.4 is 10.1 Å². The number of fused-ring (bicyclic) bond motifs is 2. The number of aryl methyl sites for hydroxylation is 3. The first-order valence-electron chi connectivity index (χ1n) is 13.5. The summed E-state index contributed by atoms with van der Waals surface area (Å²) in [6.07, 6.45) is 3.89. The summed E-state index contributed by atoms with van der Waals surface area (Å²) in [6.45, 7) is 6.03. The molecule has 0 aliphatic carbocycles. The third-order valence-electron chi connectivity index (χ3n) is 7.04. The van der Waals surface area contributed by atoms with Gasteiger partial charge in [-0.3, -0.25) is 4.79 Å². The number of amides is 1. The first kappa shape index (κ1) is 25.5. The second-order valence-corrected chi connectivity index (χ2v) is 9.88. The number of unbranched alkanes of at least 4 members (excludes halogenated alkanes) is 2. The molecule has 1 aromatic heterocycles. The van der Waals surface area contributed by atoms with Crippen molar-refractivity contribution < 1.29 is 9.53 Å². The zero-order valence-electron chi connectivity index (χ0n) is 22.2. The molecular formula is C33H35N3O2. The van der Waals surface area contributed by atoms with E-state index >= 15 is 0 Å². The molecule has 0 aliphatic heterocycles. The van der Waals surface area contributed by atoms with Crippen molar-refractivity contribution in [3.05, 3.63) is 107 Å². The van der Waals surface area contributed by atoms with E-state index in [0.29, 0.717) is 13.2 Å². The minimum absolute atomic E-state index is 0.00971. The highest BCUT2D eigenvalue weighted by Gasteiger charge is 2.12. The van der Waals surface area contributed by atoms with Gasteiger partial charge in [0.05, 0.1) is 17.6 Å². The summed E-state index contributed by atoms with van der Waals surface area (Å²) in [6, 6.07) is 28.8. The summed E-state index contributed by atoms with van der Waals surface area (Å²) < 4.78 is 8.53. The van der Waals surface area contributed by atoms with Crippen molar-refractivity contribution in [1.82, 2.24) is 14.9 Å². The molecule has 0 unspecified atom stereocenters. The lowest BCUT2D eigenvalue weighted by Gasteiger charge is -2.12. The first-order valence-corrected chi connectivity index (χ1v) is 13.5. The van der Waals surface area contributed by atoms with Crippen molar-refractivity contribution in [1.29, 1.82) is 0 Å². The Kier molecular flexibility index (Phi) is 8.03. The summed E-state index contributed by atoms with van der Waals surface area (Å²) >= 11 is 0. The molecular weight excluding hydrogens is 470 g/mol. The number of imidazole rings is 1. The van der Waals surface area contributed by atoms with E-state index in [1.807, 2.05) is 56.3 Å². The Hall–Kier alpha value is -4.12. The second kappa shape index (κ2) is 12.0. The van der Waals surface area contributed by atoms with Crippen molar-refractivity contribution in [3.8, 4) is 5.75 Å². The molecule has 0 radical (unpaired) electrons. The van der Waals surface area contributed by atoms with E-state index < -0.39 is 0 Å². The molecule has 1 N–H and O–H groups in total. The van der Waals surface area contributed by atoms with E-state index in [4.69, 9.17) is 9.72 Å². The van der Waals surface area contributed by atoms with Crippen molar-refractivity contribution in [2.75, 3.05) is 13.2 Å². The third kappa shape index (κ3) is 5.88. The Morgan fingerprint density at radius 1 is 0.895 bits per heavy atom. The highest BCUT2D eigenvalue weighted by atomic mass is 16.5. The number of aromatic nitrogens is 2. The van der Waals surface area contributed by atoms with Gasteiger partial charge in [-0.05, 0) is 61.9 Å². The molecule has 5 nitrogen and oxygen atoms in total. The van der Waals surface area contributed by atoms with Crippen LogP contribution in [0.25, 0.3) is 21.8 Å². The Bertz CT molecular complexity index is 1550. The fourth-order valence-electron chi connectivity index (χ4n) is 5.08. The number of rotatable bonds is 11. The molecule has 1 amide bonds. The maximum Gasteiger partial charge on any atom is 0.251 e. The van der Waals surface area contributed by atoms with Gasteiger partial charge in [-0.25, -0.2) is 4.98 Å². The van der Waals surface area contributed by atoms with E-state index in [2.05, 4.69) is 52.3 Å². The third-order valence-corrected chi connectivity index (χ3v) is 7.04. The van der Waals surface area contributed by atoms with Gasteiger partial charge in [0, 0.05) is 23.9 Å². The number of hydrogen-bond acceptors (Lipinski definition) is 3. The summed E-state index contributed by atoms with van der Waals surface area (Å²) in [5.74, 6) is 2.01. The van der Waals surface area contributed by atoms with Crippen LogP contribution >= 0.6 is 0 Å². The quantitative estimate of drug-likeness (QED) is 0.196. The lowest BCUT2D eigenvalue weighted by molar-refractivity contribution is 0.0952. The highest BCUT2D eigenvalue weighted by Crippen LogP contribution is 2.25. The van der Waals surface area contributed by atoms with Crippen LogP contribution in [0.1, 0.15) is 46.6 Å². The SMILES string of the molecule is Cc1ccc(C(=O)NCCCCCc2nc3ccccc3n2CCOc2cccc3ccccc23)c(C)c1. The molecule has 5 rings (SSSR count). The van der Waals surface area contributed by atoms with Crippen LogP contribution in [0, 0.1) is 13.8 Å². The number of benzene rings is 4. The minimum Gasteiger partial charge on any atom is -0.491 e. The van der Waals surface area contributed by atoms with Crippen molar-refractivity contribution in [3.63, 3.8) is 0 Å². The van der Waals surface area contributed by atoms with Gasteiger partial charge in [-0.15, -0.1) is 0 Å². The summed E-state index contributed by atoms with van der Waals surface area (Å²) in [4.78, 5) is 17.4. The Balaban J connectivity index is 1.15. The normalized spacial score (nSPS) is 11.2. The standard InChI is InChI=1S/C33H35N3O2/c1-24-18-19-27(25(2)23-24)33(37)34-20-9-3-4-17-32-35-29-14-7-8-15-30(29)36(32)21-22-38-31-16-10-12-26-11-5-6-13-28(26)31/h5-8,10-16,18-19,23H,3-4,9,17,20-22H2,1-2H3,(H,34,37). The fourth-order valence-corrected chi connectivity index (χ4v) is 5.08. The van der Waals surface area contributed by atoms with Crippen molar-refractivity contribution >= 4 is 27.7 Å². The van der Waals surface area contributed by atoms with Gasteiger partial charge < -0.3 is 14.6 Å². The van der Waals surface area contributed by atoms with Crippen LogP contribution in [-0.2, 0) is 13.0 Å². The molecule has 0 bridgehead atoms. The maximum absolute atomic E-state index is 12.5. The number of nitrogens with zero attached hydrogens (tertiary/aromatic N) is 2. The monoisotopic (exact) mass is 505 g/mol. The fraction of sp³-hybridized carbons (Fsp3) is 0.273. The van der Waals surface area contributed by atoms with E-state index in [9.17, 15) is 4.79 Å². The van der Waals surface area contributed by atoms with Crippen molar-refractivity contribution in [2.45, 2.75) is 46.1 Å². The molecule has 5 aromatic rings. The van der Waals surface area contributed by atoms with Crippen LogP contribution in [0.15, 0.2) is 84.9 Å². The predicted octanol–water partition coefficient (Wildman–Crippen LogP) is 7.03. The summed E-state index contributed by atoms with van der Waals surface area (Å²) in [7, 11) is 0. The van der Waals surface area contributed by atoms with E-state index in [1.54, 1.807) is 0 Å². The molecule has 0 spiro atoms. The Labute approximate surface area is 224 Å². The number of hydrogen-bond donors (Lipinski definition) is 1. The topological polar surface area (TPSA) is 56.2 Å². The van der Waals surface area contributed by atoms with E-state index in [0.717, 1.165) is 71.3 Å². The van der Waals surface area contributed by atoms with Gasteiger partial charge in [0.15, 0.2) is 0 Å². The van der Waals surface area contributed by atoms with Gasteiger partial charge in [-0.2, -0.15) is 0 Å². The zero-order chi connectivity index (χ0) is 26.3. The summed E-state index contributed by atoms with van der Waals surface area (Å²) in [5.41, 5.74) is 5.12. The van der Waals surface area contributed by atoms with Gasteiger partial charge in [0.2, 0.25) is 0 Å². The van der Waals surface area contributed by atoms with Gasteiger partial charge >= 0.3 is 0 Å². The number of para-hydroxylation sites is 2. The van der Waals surface area contributed by atoms with E-state index in [-0.39, 0.29) is 5.91 Å². The molecule has 1 heterocycles. The van der Waals surface area contributed by atoms with Crippen LogP contribution in [0.2, 0.25) is 0 Å². The molecule has 0 saturated heterocycles. The first-order chi connectivity index (χ1) is 18.6. The van der Waals surface area contributed by atoms with Crippen LogP contribution in [-0.4, -0.2) is 28.6 Å². The number of carbonyl (C=O) groups excluding carboxylic acids is 1. The molecule has 0 atom stereocenters. The maximum atomic E-state index is 12.5. The van der Waals surface area contributed by atoms with Crippen LogP contribution in [0.3, 0.4) is 0 Å². The second-order valence-electron chi connectivity index (χ2n) is 9.88. The van der Waals surface area contributed by atoms with Crippen molar-refractivity contribution in [2.24, 2.45) is 0 Å². The predicted molar refractivity (Wildman–Crippen MR) is 155 cm³/mol. The molecule has 5 heteroatoms. The van der Waals surface area contributed by atoms with E-state index in [1.165, 1.54) is 10.9 Å². The molecule has 0 saturated carbocycles. The minimum atomic E-state index is 0.00971. The molecule has 0 aliphatic rings. The Morgan fingerprint density at radius 3 is 2.61 bits per heavy atom. The number of carbonyl (C=O) groups is 1. The number of ether oxygens (including phenoxy) is 1. The average Bonchev–Trinajstić information content (AvgIpc) is 3.28. The lowest BCUT2D eigenvalue weighted by Crippen LogP contribution is -2.25. The Morgan fingerprint density at radius 2 is 1.71 bits per heavy atom. The zero-order valence-corrected chi connectivity index (χ0v) is 22.2. The smallest absolute Gasteiger partial charge is 0.251 e. The highest BCUT2D eigenvalue weighted by molar-refractivity contribution is 5.95. The van der Waals surface area contributed by atoms with Crippen LogP contribution in [0.5, 0.6) is 5.75 Å². The van der Waals surface area contributed by atoms with Gasteiger partial charge in [0.25, 0.3) is 5.91 Å². The van der Waals surface area contributed by atoms with Gasteiger partial charge in [0.1, 0.15) is 18.2 Å². The average molecular weight is 506 g/mol. The van der Waals surface area contributed by atoms with Gasteiger partial charge in [-0.1, -0.05) is 72.6 Å². The number of nitrogens with one attached hydrogen (secondary N) is 1. The molecule has 0 fully saturated rings.